The van der Waals surface area contributed by atoms with E-state index in [-0.39, 0.29) is 0 Å². The SMILES string of the molecule is CC(C)(O)C/C=C/[C@@]1(ON(Cc2ccccc2)Cc2ccccc2)CCOC1=O. The summed E-state index contributed by atoms with van der Waals surface area (Å²) in [6.45, 7) is 4.84. The van der Waals surface area contributed by atoms with E-state index in [1.54, 1.807) is 26.0 Å². The molecule has 1 atom stereocenters. The Bertz CT molecular complexity index is 772. The number of esters is 1. The standard InChI is InChI=1S/C24H29NO4/c1-23(2,27)14-9-15-24(16-17-28-22(24)26)29-25(18-20-10-5-3-6-11-20)19-21-12-7-4-8-13-21/h3-13,15,27H,14,16-19H2,1-2H3/b15-9+/t24-/m1/s1. The maximum atomic E-state index is 12.6. The van der Waals surface area contributed by atoms with E-state index in [2.05, 4.69) is 0 Å². The molecule has 0 amide bonds. The Morgan fingerprint density at radius 1 is 1.07 bits per heavy atom. The van der Waals surface area contributed by atoms with Gasteiger partial charge in [-0.3, -0.25) is 4.84 Å². The third-order valence-electron chi connectivity index (χ3n) is 4.75. The lowest BCUT2D eigenvalue weighted by Crippen LogP contribution is -2.42. The first-order chi connectivity index (χ1) is 13.9. The maximum absolute atomic E-state index is 12.6. The molecule has 0 radical (unpaired) electrons. The normalized spacial score (nSPS) is 19.8. The molecular weight excluding hydrogens is 366 g/mol. The monoisotopic (exact) mass is 395 g/mol. The smallest absolute Gasteiger partial charge is 0.344 e. The van der Waals surface area contributed by atoms with Crippen molar-refractivity contribution in [3.63, 3.8) is 0 Å². The molecule has 154 valence electrons. The predicted molar refractivity (Wildman–Crippen MR) is 112 cm³/mol. The molecule has 5 heteroatoms. The number of rotatable bonds is 9. The van der Waals surface area contributed by atoms with Crippen LogP contribution in [-0.4, -0.2) is 33.9 Å². The molecule has 0 aliphatic carbocycles. The number of aliphatic hydroxyl groups is 1. The summed E-state index contributed by atoms with van der Waals surface area (Å²) in [5.41, 5.74) is 0.152. The van der Waals surface area contributed by atoms with Gasteiger partial charge in [0.15, 0.2) is 0 Å². The van der Waals surface area contributed by atoms with Crippen LogP contribution in [0.5, 0.6) is 0 Å². The van der Waals surface area contributed by atoms with Crippen molar-refractivity contribution < 1.29 is 19.5 Å². The number of cyclic esters (lactones) is 1. The van der Waals surface area contributed by atoms with Crippen molar-refractivity contribution >= 4 is 5.97 Å². The second-order valence-electron chi connectivity index (χ2n) is 8.05. The zero-order valence-corrected chi connectivity index (χ0v) is 17.1. The summed E-state index contributed by atoms with van der Waals surface area (Å²) in [5.74, 6) is -0.393. The van der Waals surface area contributed by atoms with Gasteiger partial charge in [-0.25, -0.2) is 4.79 Å². The van der Waals surface area contributed by atoms with Gasteiger partial charge in [-0.05, 0) is 37.5 Å². The van der Waals surface area contributed by atoms with E-state index in [4.69, 9.17) is 9.57 Å². The van der Waals surface area contributed by atoms with Crippen molar-refractivity contribution in [1.29, 1.82) is 0 Å². The first kappa shape index (κ1) is 21.2. The highest BCUT2D eigenvalue weighted by Gasteiger charge is 2.46. The summed E-state index contributed by atoms with van der Waals surface area (Å²) in [4.78, 5) is 18.9. The van der Waals surface area contributed by atoms with Gasteiger partial charge in [-0.2, -0.15) is 5.06 Å². The van der Waals surface area contributed by atoms with Crippen LogP contribution in [0.4, 0.5) is 0 Å². The van der Waals surface area contributed by atoms with Crippen LogP contribution in [0.15, 0.2) is 72.8 Å². The minimum atomic E-state index is -1.17. The van der Waals surface area contributed by atoms with Gasteiger partial charge in [-0.15, -0.1) is 0 Å². The molecule has 1 saturated heterocycles. The van der Waals surface area contributed by atoms with Crippen molar-refractivity contribution in [1.82, 2.24) is 5.06 Å². The first-order valence-electron chi connectivity index (χ1n) is 9.96. The van der Waals surface area contributed by atoms with E-state index in [1.165, 1.54) is 0 Å². The van der Waals surface area contributed by atoms with Crippen molar-refractivity contribution in [2.45, 2.75) is 51.0 Å². The third-order valence-corrected chi connectivity index (χ3v) is 4.75. The number of carbonyl (C=O) groups is 1. The second kappa shape index (κ2) is 9.35. The molecule has 29 heavy (non-hydrogen) atoms. The van der Waals surface area contributed by atoms with E-state index in [0.717, 1.165) is 11.1 Å². The van der Waals surface area contributed by atoms with Crippen LogP contribution < -0.4 is 0 Å². The molecule has 1 aliphatic rings. The summed E-state index contributed by atoms with van der Waals surface area (Å²) in [6.07, 6.45) is 4.40. The van der Waals surface area contributed by atoms with Crippen LogP contribution in [0.3, 0.4) is 0 Å². The summed E-state index contributed by atoms with van der Waals surface area (Å²) < 4.78 is 5.25. The maximum Gasteiger partial charge on any atom is 0.344 e. The van der Waals surface area contributed by atoms with Gasteiger partial charge in [0, 0.05) is 19.5 Å². The lowest BCUT2D eigenvalue weighted by atomic mass is 9.98. The Kier molecular flexibility index (Phi) is 6.85. The van der Waals surface area contributed by atoms with Gasteiger partial charge < -0.3 is 9.84 Å². The Balaban J connectivity index is 1.83. The van der Waals surface area contributed by atoms with Crippen LogP contribution in [-0.2, 0) is 27.5 Å². The molecule has 0 aromatic heterocycles. The second-order valence-corrected chi connectivity index (χ2v) is 8.05. The Hall–Kier alpha value is -2.47. The fourth-order valence-electron chi connectivity index (χ4n) is 3.25. The molecule has 2 aromatic carbocycles. The van der Waals surface area contributed by atoms with Crippen LogP contribution in [0, 0.1) is 0 Å². The molecule has 0 saturated carbocycles. The van der Waals surface area contributed by atoms with Gasteiger partial charge in [0.25, 0.3) is 0 Å². The van der Waals surface area contributed by atoms with Crippen molar-refractivity contribution in [2.24, 2.45) is 0 Å². The lowest BCUT2D eigenvalue weighted by Gasteiger charge is -2.30. The number of carbonyl (C=O) groups excluding carboxylic acids is 1. The van der Waals surface area contributed by atoms with Gasteiger partial charge in [0.05, 0.1) is 12.2 Å². The zero-order chi connectivity index (χ0) is 20.7. The number of hydrogen-bond acceptors (Lipinski definition) is 5. The molecule has 5 nitrogen and oxygen atoms in total. The molecule has 1 aliphatic heterocycles. The quantitative estimate of drug-likeness (QED) is 0.395. The van der Waals surface area contributed by atoms with E-state index >= 15 is 0 Å². The molecule has 3 rings (SSSR count). The van der Waals surface area contributed by atoms with Crippen molar-refractivity contribution in [3.8, 4) is 0 Å². The Morgan fingerprint density at radius 2 is 1.62 bits per heavy atom. The van der Waals surface area contributed by atoms with Crippen LogP contribution >= 0.6 is 0 Å². The highest BCUT2D eigenvalue weighted by molar-refractivity contribution is 5.83. The number of hydrogen-bond donors (Lipinski definition) is 1. The average molecular weight is 395 g/mol. The summed E-state index contributed by atoms with van der Waals surface area (Å²) in [5, 5.41) is 11.8. The highest BCUT2D eigenvalue weighted by Crippen LogP contribution is 2.30. The molecular formula is C24H29NO4. The third kappa shape index (κ3) is 6.26. The minimum absolute atomic E-state index is 0.316. The molecule has 1 fully saturated rings. The van der Waals surface area contributed by atoms with Crippen molar-refractivity contribution in [3.05, 3.63) is 83.9 Å². The van der Waals surface area contributed by atoms with Crippen LogP contribution in [0.2, 0.25) is 0 Å². The van der Waals surface area contributed by atoms with Gasteiger partial charge in [0.2, 0.25) is 5.60 Å². The van der Waals surface area contributed by atoms with Crippen molar-refractivity contribution in [2.75, 3.05) is 6.61 Å². The fraction of sp³-hybridized carbons (Fsp3) is 0.375. The zero-order valence-electron chi connectivity index (χ0n) is 17.1. The molecule has 2 aromatic rings. The topological polar surface area (TPSA) is 59.0 Å². The molecule has 0 spiro atoms. The number of nitrogens with zero attached hydrogens (tertiary/aromatic N) is 1. The fourth-order valence-corrected chi connectivity index (χ4v) is 3.25. The number of benzene rings is 2. The summed E-state index contributed by atoms with van der Waals surface area (Å²) in [7, 11) is 0. The lowest BCUT2D eigenvalue weighted by molar-refractivity contribution is -0.237. The number of hydroxylamine groups is 2. The predicted octanol–water partition coefficient (Wildman–Crippen LogP) is 4.02. The van der Waals surface area contributed by atoms with E-state index < -0.39 is 17.2 Å². The van der Waals surface area contributed by atoms with E-state index in [9.17, 15) is 9.90 Å². The average Bonchev–Trinajstić information content (AvgIpc) is 3.02. The minimum Gasteiger partial charge on any atom is -0.463 e. The van der Waals surface area contributed by atoms with Crippen LogP contribution in [0.25, 0.3) is 0 Å². The van der Waals surface area contributed by atoms with E-state index in [0.29, 0.717) is 32.5 Å². The molecule has 1 heterocycles. The summed E-state index contributed by atoms with van der Waals surface area (Å²) in [6, 6.07) is 20.0. The Morgan fingerprint density at radius 3 is 2.07 bits per heavy atom. The molecule has 0 unspecified atom stereocenters. The van der Waals surface area contributed by atoms with Gasteiger partial charge >= 0.3 is 5.97 Å². The van der Waals surface area contributed by atoms with Crippen LogP contribution in [0.1, 0.15) is 37.8 Å². The van der Waals surface area contributed by atoms with Gasteiger partial charge in [0.1, 0.15) is 0 Å². The molecule has 1 N–H and O–H groups in total. The Labute approximate surface area is 172 Å². The highest BCUT2D eigenvalue weighted by atomic mass is 16.7. The van der Waals surface area contributed by atoms with E-state index in [1.807, 2.05) is 65.7 Å². The largest absolute Gasteiger partial charge is 0.463 e. The van der Waals surface area contributed by atoms with Gasteiger partial charge in [-0.1, -0.05) is 66.7 Å². The first-order valence-corrected chi connectivity index (χ1v) is 9.96. The summed E-state index contributed by atoms with van der Waals surface area (Å²) >= 11 is 0. The molecule has 0 bridgehead atoms. The number of ether oxygens (including phenoxy) is 1.